The van der Waals surface area contributed by atoms with E-state index in [-0.39, 0.29) is 16.7 Å². The molecule has 0 radical (unpaired) electrons. The Labute approximate surface area is 120 Å². The summed E-state index contributed by atoms with van der Waals surface area (Å²) in [6, 6.07) is 6.14. The number of aryl methyl sites for hydroxylation is 1. The second-order valence-electron chi connectivity index (χ2n) is 6.02. The summed E-state index contributed by atoms with van der Waals surface area (Å²) in [5, 5.41) is 14.6. The van der Waals surface area contributed by atoms with Crippen LogP contribution in [0.2, 0.25) is 0 Å². The smallest absolute Gasteiger partial charge is 0.272 e. The van der Waals surface area contributed by atoms with Crippen LogP contribution in [0.25, 0.3) is 0 Å². The molecule has 0 spiro atoms. The molecule has 0 heterocycles. The largest absolute Gasteiger partial charge is 0.307 e. The van der Waals surface area contributed by atoms with Gasteiger partial charge in [0, 0.05) is 23.7 Å². The summed E-state index contributed by atoms with van der Waals surface area (Å²) >= 11 is 0. The molecule has 2 rings (SSSR count). The lowest BCUT2D eigenvalue weighted by Crippen LogP contribution is -2.34. The summed E-state index contributed by atoms with van der Waals surface area (Å²) < 4.78 is 0. The molecule has 1 aliphatic rings. The van der Waals surface area contributed by atoms with Gasteiger partial charge < -0.3 is 5.32 Å². The van der Waals surface area contributed by atoms with E-state index >= 15 is 0 Å². The number of hydrogen-bond acceptors (Lipinski definition) is 3. The third kappa shape index (κ3) is 3.37. The van der Waals surface area contributed by atoms with Crippen molar-refractivity contribution < 1.29 is 4.92 Å². The Morgan fingerprint density at radius 1 is 1.30 bits per heavy atom. The number of nitrogens with zero attached hydrogens (tertiary/aromatic N) is 1. The fourth-order valence-corrected chi connectivity index (χ4v) is 3.18. The van der Waals surface area contributed by atoms with Crippen LogP contribution in [0.1, 0.15) is 56.7 Å². The Morgan fingerprint density at radius 3 is 2.55 bits per heavy atom. The third-order valence-electron chi connectivity index (χ3n) is 4.55. The molecular weight excluding hydrogens is 252 g/mol. The third-order valence-corrected chi connectivity index (χ3v) is 4.55. The summed E-state index contributed by atoms with van der Waals surface area (Å²) in [5.41, 5.74) is 1.92. The fourth-order valence-electron chi connectivity index (χ4n) is 3.18. The SMILES string of the molecule is Cc1ccc(C(C)N[C@@H](C)C2CCCC2)cc1[N+](=O)[O-]. The predicted octanol–water partition coefficient (Wildman–Crippen LogP) is 4.13. The van der Waals surface area contributed by atoms with Gasteiger partial charge in [0.2, 0.25) is 0 Å². The normalized spacial score (nSPS) is 18.9. The average Bonchev–Trinajstić information content (AvgIpc) is 2.92. The molecule has 0 saturated heterocycles. The van der Waals surface area contributed by atoms with Gasteiger partial charge in [-0.3, -0.25) is 10.1 Å². The van der Waals surface area contributed by atoms with Crippen LogP contribution < -0.4 is 5.32 Å². The van der Waals surface area contributed by atoms with Crippen molar-refractivity contribution in [3.8, 4) is 0 Å². The van der Waals surface area contributed by atoms with Crippen LogP contribution in [-0.2, 0) is 0 Å². The Kier molecular flexibility index (Phi) is 4.76. The number of rotatable bonds is 5. The Hall–Kier alpha value is -1.42. The molecule has 1 fully saturated rings. The van der Waals surface area contributed by atoms with E-state index in [1.54, 1.807) is 13.0 Å². The summed E-state index contributed by atoms with van der Waals surface area (Å²) in [6.07, 6.45) is 5.27. The highest BCUT2D eigenvalue weighted by Crippen LogP contribution is 2.29. The molecule has 0 aliphatic heterocycles. The van der Waals surface area contributed by atoms with E-state index in [0.717, 1.165) is 17.0 Å². The first-order valence-electron chi connectivity index (χ1n) is 7.50. The standard InChI is InChI=1S/C16H24N2O2/c1-11-8-9-15(10-16(11)18(19)20)13(3)17-12(2)14-6-4-5-7-14/h8-10,12-14,17H,4-7H2,1-3H3/t12-,13?/m0/s1. The van der Waals surface area contributed by atoms with Gasteiger partial charge in [0.15, 0.2) is 0 Å². The second-order valence-corrected chi connectivity index (χ2v) is 6.02. The van der Waals surface area contributed by atoms with Gasteiger partial charge in [0.25, 0.3) is 5.69 Å². The highest BCUT2D eigenvalue weighted by atomic mass is 16.6. The van der Waals surface area contributed by atoms with E-state index in [9.17, 15) is 10.1 Å². The summed E-state index contributed by atoms with van der Waals surface area (Å²) in [6.45, 7) is 6.09. The monoisotopic (exact) mass is 276 g/mol. The van der Waals surface area contributed by atoms with Crippen LogP contribution in [-0.4, -0.2) is 11.0 Å². The van der Waals surface area contributed by atoms with E-state index in [1.165, 1.54) is 25.7 Å². The minimum Gasteiger partial charge on any atom is -0.307 e. The van der Waals surface area contributed by atoms with Crippen LogP contribution >= 0.6 is 0 Å². The molecule has 20 heavy (non-hydrogen) atoms. The van der Waals surface area contributed by atoms with Gasteiger partial charge in [-0.05, 0) is 45.1 Å². The summed E-state index contributed by atoms with van der Waals surface area (Å²) in [7, 11) is 0. The number of nitro groups is 1. The molecule has 4 heteroatoms. The van der Waals surface area contributed by atoms with Gasteiger partial charge >= 0.3 is 0 Å². The number of nitrogens with one attached hydrogen (secondary N) is 1. The lowest BCUT2D eigenvalue weighted by Gasteiger charge is -2.25. The quantitative estimate of drug-likeness (QED) is 0.649. The van der Waals surface area contributed by atoms with Crippen LogP contribution in [0.4, 0.5) is 5.69 Å². The Bertz CT molecular complexity index is 481. The molecular formula is C16H24N2O2. The zero-order valence-corrected chi connectivity index (χ0v) is 12.6. The van der Waals surface area contributed by atoms with Crippen LogP contribution in [0.15, 0.2) is 18.2 Å². The molecule has 4 nitrogen and oxygen atoms in total. The zero-order chi connectivity index (χ0) is 14.7. The van der Waals surface area contributed by atoms with Gasteiger partial charge in [-0.2, -0.15) is 0 Å². The minimum atomic E-state index is -0.300. The Morgan fingerprint density at radius 2 is 1.95 bits per heavy atom. The van der Waals surface area contributed by atoms with Gasteiger partial charge in [-0.25, -0.2) is 0 Å². The zero-order valence-electron chi connectivity index (χ0n) is 12.6. The second kappa shape index (κ2) is 6.35. The van der Waals surface area contributed by atoms with E-state index in [1.807, 2.05) is 12.1 Å². The molecule has 1 unspecified atom stereocenters. The predicted molar refractivity (Wildman–Crippen MR) is 80.8 cm³/mol. The van der Waals surface area contributed by atoms with Crippen molar-refractivity contribution in [3.05, 3.63) is 39.4 Å². The molecule has 1 aromatic carbocycles. The highest BCUT2D eigenvalue weighted by Gasteiger charge is 2.23. The molecule has 0 aromatic heterocycles. The van der Waals surface area contributed by atoms with Gasteiger partial charge in [0.05, 0.1) is 4.92 Å². The number of hydrogen-bond donors (Lipinski definition) is 1. The molecule has 1 aliphatic carbocycles. The van der Waals surface area contributed by atoms with Crippen LogP contribution in [0.5, 0.6) is 0 Å². The van der Waals surface area contributed by atoms with E-state index < -0.39 is 0 Å². The maximum atomic E-state index is 11.0. The van der Waals surface area contributed by atoms with Crippen LogP contribution in [0.3, 0.4) is 0 Å². The van der Waals surface area contributed by atoms with Crippen molar-refractivity contribution >= 4 is 5.69 Å². The topological polar surface area (TPSA) is 55.2 Å². The Balaban J connectivity index is 2.06. The number of nitro benzene ring substituents is 1. The van der Waals surface area contributed by atoms with Gasteiger partial charge in [0.1, 0.15) is 0 Å². The first-order valence-corrected chi connectivity index (χ1v) is 7.50. The maximum absolute atomic E-state index is 11.0. The first kappa shape index (κ1) is 15.0. The van der Waals surface area contributed by atoms with Crippen molar-refractivity contribution in [1.82, 2.24) is 5.32 Å². The first-order chi connectivity index (χ1) is 9.49. The van der Waals surface area contributed by atoms with Crippen molar-refractivity contribution in [1.29, 1.82) is 0 Å². The molecule has 1 saturated carbocycles. The lowest BCUT2D eigenvalue weighted by molar-refractivity contribution is -0.385. The average molecular weight is 276 g/mol. The highest BCUT2D eigenvalue weighted by molar-refractivity contribution is 5.43. The maximum Gasteiger partial charge on any atom is 0.272 e. The molecule has 0 bridgehead atoms. The fraction of sp³-hybridized carbons (Fsp3) is 0.625. The molecule has 1 aromatic rings. The molecule has 1 N–H and O–H groups in total. The van der Waals surface area contributed by atoms with E-state index in [4.69, 9.17) is 0 Å². The van der Waals surface area contributed by atoms with E-state index in [2.05, 4.69) is 19.2 Å². The minimum absolute atomic E-state index is 0.143. The number of benzene rings is 1. The van der Waals surface area contributed by atoms with Gasteiger partial charge in [-0.1, -0.05) is 25.0 Å². The van der Waals surface area contributed by atoms with E-state index in [0.29, 0.717) is 6.04 Å². The summed E-state index contributed by atoms with van der Waals surface area (Å²) in [4.78, 5) is 10.7. The lowest BCUT2D eigenvalue weighted by atomic mass is 9.97. The van der Waals surface area contributed by atoms with Crippen molar-refractivity contribution in [3.63, 3.8) is 0 Å². The van der Waals surface area contributed by atoms with Crippen molar-refractivity contribution in [2.75, 3.05) is 0 Å². The summed E-state index contributed by atoms with van der Waals surface area (Å²) in [5.74, 6) is 0.748. The van der Waals surface area contributed by atoms with Crippen molar-refractivity contribution in [2.45, 2.75) is 58.5 Å². The van der Waals surface area contributed by atoms with Crippen LogP contribution in [0, 0.1) is 23.0 Å². The van der Waals surface area contributed by atoms with Gasteiger partial charge in [-0.15, -0.1) is 0 Å². The molecule has 110 valence electrons. The van der Waals surface area contributed by atoms with Crippen molar-refractivity contribution in [2.24, 2.45) is 5.92 Å². The molecule has 2 atom stereocenters. The molecule has 0 amide bonds.